The molecule has 1 aromatic carbocycles. The van der Waals surface area contributed by atoms with Crippen LogP contribution in [0.4, 0.5) is 4.39 Å². The molecule has 1 saturated heterocycles. The molecule has 20 heavy (non-hydrogen) atoms. The lowest BCUT2D eigenvalue weighted by molar-refractivity contribution is -0.141. The summed E-state index contributed by atoms with van der Waals surface area (Å²) in [5.41, 5.74) is 6.33. The van der Waals surface area contributed by atoms with Gasteiger partial charge >= 0.3 is 0 Å². The normalized spacial score (nSPS) is 19.9. The van der Waals surface area contributed by atoms with Gasteiger partial charge in [0.15, 0.2) is 0 Å². The second kappa shape index (κ2) is 6.00. The number of hydrogen-bond acceptors (Lipinski definition) is 3. The predicted molar refractivity (Wildman–Crippen MR) is 72.0 cm³/mol. The molecule has 1 atom stereocenters. The maximum absolute atomic E-state index is 12.9. The van der Waals surface area contributed by atoms with E-state index >= 15 is 0 Å². The average Bonchev–Trinajstić information content (AvgIpc) is 2.41. The van der Waals surface area contributed by atoms with Gasteiger partial charge in [0.05, 0.1) is 0 Å². The molecule has 108 valence electrons. The molecule has 2 amide bonds. The third kappa shape index (κ3) is 3.33. The quantitative estimate of drug-likeness (QED) is 0.868. The van der Waals surface area contributed by atoms with Gasteiger partial charge in [0.25, 0.3) is 0 Å². The van der Waals surface area contributed by atoms with Crippen molar-refractivity contribution in [3.05, 3.63) is 35.6 Å². The summed E-state index contributed by atoms with van der Waals surface area (Å²) in [6, 6.07) is 5.65. The molecule has 5 nitrogen and oxygen atoms in total. The largest absolute Gasteiger partial charge is 0.368 e. The van der Waals surface area contributed by atoms with Crippen LogP contribution in [0.15, 0.2) is 24.3 Å². The highest BCUT2D eigenvalue weighted by atomic mass is 19.1. The molecule has 0 aromatic heterocycles. The summed E-state index contributed by atoms with van der Waals surface area (Å²) >= 11 is 0. The van der Waals surface area contributed by atoms with Crippen LogP contribution in [0.2, 0.25) is 0 Å². The molecule has 0 radical (unpaired) electrons. The molecule has 0 spiro atoms. The zero-order chi connectivity index (χ0) is 14.7. The Hall–Kier alpha value is -1.95. The van der Waals surface area contributed by atoms with Crippen molar-refractivity contribution >= 4 is 11.8 Å². The minimum Gasteiger partial charge on any atom is -0.368 e. The number of carbonyl (C=O) groups excluding carboxylic acids is 2. The summed E-state index contributed by atoms with van der Waals surface area (Å²) in [6.07, 6.45) is 0. The molecule has 1 fully saturated rings. The summed E-state index contributed by atoms with van der Waals surface area (Å²) in [7, 11) is 0. The van der Waals surface area contributed by atoms with Crippen LogP contribution in [0.25, 0.3) is 0 Å². The van der Waals surface area contributed by atoms with E-state index in [1.54, 1.807) is 12.1 Å². The number of halogens is 1. The van der Waals surface area contributed by atoms with Crippen LogP contribution >= 0.6 is 0 Å². The van der Waals surface area contributed by atoms with E-state index in [9.17, 15) is 14.0 Å². The van der Waals surface area contributed by atoms with E-state index in [-0.39, 0.29) is 11.7 Å². The SMILES string of the molecule is CC(=O)N1CCN(Cc2ccc(F)cc2)CC1C(N)=O. The first kappa shape index (κ1) is 14.5. The van der Waals surface area contributed by atoms with Gasteiger partial charge in [-0.15, -0.1) is 0 Å². The van der Waals surface area contributed by atoms with Gasteiger partial charge in [-0.2, -0.15) is 0 Å². The Balaban J connectivity index is 2.03. The number of nitrogens with two attached hydrogens (primary N) is 1. The molecule has 0 saturated carbocycles. The van der Waals surface area contributed by atoms with E-state index < -0.39 is 11.9 Å². The Labute approximate surface area is 117 Å². The van der Waals surface area contributed by atoms with E-state index in [4.69, 9.17) is 5.73 Å². The van der Waals surface area contributed by atoms with Gasteiger partial charge in [-0.1, -0.05) is 12.1 Å². The molecular formula is C14H18FN3O2. The maximum Gasteiger partial charge on any atom is 0.241 e. The first-order valence-corrected chi connectivity index (χ1v) is 6.50. The number of piperazine rings is 1. The Morgan fingerprint density at radius 2 is 1.95 bits per heavy atom. The van der Waals surface area contributed by atoms with Gasteiger partial charge in [0, 0.05) is 33.1 Å². The molecule has 6 heteroatoms. The molecule has 1 aliphatic rings. The van der Waals surface area contributed by atoms with Gasteiger partial charge in [-0.25, -0.2) is 4.39 Å². The van der Waals surface area contributed by atoms with Crippen LogP contribution in [-0.4, -0.2) is 47.3 Å². The van der Waals surface area contributed by atoms with Crippen LogP contribution in [-0.2, 0) is 16.1 Å². The lowest BCUT2D eigenvalue weighted by Gasteiger charge is -2.39. The summed E-state index contributed by atoms with van der Waals surface area (Å²) in [4.78, 5) is 26.5. The lowest BCUT2D eigenvalue weighted by Crippen LogP contribution is -2.59. The van der Waals surface area contributed by atoms with E-state index in [0.29, 0.717) is 26.2 Å². The summed E-state index contributed by atoms with van der Waals surface area (Å²) in [5, 5.41) is 0. The number of amides is 2. The van der Waals surface area contributed by atoms with Crippen molar-refractivity contribution in [3.63, 3.8) is 0 Å². The van der Waals surface area contributed by atoms with E-state index in [1.807, 2.05) is 4.90 Å². The van der Waals surface area contributed by atoms with Crippen molar-refractivity contribution in [1.29, 1.82) is 0 Å². The smallest absolute Gasteiger partial charge is 0.241 e. The number of hydrogen-bond donors (Lipinski definition) is 1. The second-order valence-electron chi connectivity index (χ2n) is 4.99. The van der Waals surface area contributed by atoms with E-state index in [0.717, 1.165) is 5.56 Å². The van der Waals surface area contributed by atoms with Crippen molar-refractivity contribution in [2.24, 2.45) is 5.73 Å². The number of nitrogens with zero attached hydrogens (tertiary/aromatic N) is 2. The van der Waals surface area contributed by atoms with Crippen molar-refractivity contribution in [3.8, 4) is 0 Å². The molecule has 2 rings (SSSR count). The molecule has 1 unspecified atom stereocenters. The molecule has 0 aliphatic carbocycles. The van der Waals surface area contributed by atoms with Gasteiger partial charge in [0.1, 0.15) is 11.9 Å². The third-order valence-electron chi connectivity index (χ3n) is 3.52. The topological polar surface area (TPSA) is 66.6 Å². The molecule has 1 heterocycles. The molecular weight excluding hydrogens is 261 g/mol. The van der Waals surface area contributed by atoms with Gasteiger partial charge < -0.3 is 10.6 Å². The van der Waals surface area contributed by atoms with E-state index in [2.05, 4.69) is 0 Å². The monoisotopic (exact) mass is 279 g/mol. The Kier molecular flexibility index (Phi) is 4.34. The summed E-state index contributed by atoms with van der Waals surface area (Å²) in [5.74, 6) is -0.913. The average molecular weight is 279 g/mol. The zero-order valence-corrected chi connectivity index (χ0v) is 11.4. The fourth-order valence-corrected chi connectivity index (χ4v) is 2.45. The van der Waals surface area contributed by atoms with E-state index in [1.165, 1.54) is 24.0 Å². The van der Waals surface area contributed by atoms with Gasteiger partial charge in [-0.05, 0) is 17.7 Å². The fourth-order valence-electron chi connectivity index (χ4n) is 2.45. The summed E-state index contributed by atoms with van der Waals surface area (Å²) in [6.45, 7) is 3.60. The van der Waals surface area contributed by atoms with Crippen molar-refractivity contribution in [2.75, 3.05) is 19.6 Å². The summed E-state index contributed by atoms with van der Waals surface area (Å²) < 4.78 is 12.9. The number of carbonyl (C=O) groups is 2. The number of benzene rings is 1. The number of rotatable bonds is 3. The van der Waals surface area contributed by atoms with Gasteiger partial charge in [0.2, 0.25) is 11.8 Å². The minimum absolute atomic E-state index is 0.143. The van der Waals surface area contributed by atoms with Crippen LogP contribution < -0.4 is 5.73 Å². The Morgan fingerprint density at radius 1 is 1.30 bits per heavy atom. The van der Waals surface area contributed by atoms with Crippen molar-refractivity contribution in [1.82, 2.24) is 9.80 Å². The maximum atomic E-state index is 12.9. The third-order valence-corrected chi connectivity index (χ3v) is 3.52. The van der Waals surface area contributed by atoms with Gasteiger partial charge in [-0.3, -0.25) is 14.5 Å². The van der Waals surface area contributed by atoms with Crippen LogP contribution in [0.1, 0.15) is 12.5 Å². The molecule has 0 bridgehead atoms. The van der Waals surface area contributed by atoms with Crippen LogP contribution in [0.3, 0.4) is 0 Å². The van der Waals surface area contributed by atoms with Crippen LogP contribution in [0.5, 0.6) is 0 Å². The first-order chi connectivity index (χ1) is 9.47. The molecule has 2 N–H and O–H groups in total. The highest BCUT2D eigenvalue weighted by Gasteiger charge is 2.32. The standard InChI is InChI=1S/C14H18FN3O2/c1-10(19)18-7-6-17(9-13(18)14(16)20)8-11-2-4-12(15)5-3-11/h2-5,13H,6-9H2,1H3,(H2,16,20). The lowest BCUT2D eigenvalue weighted by atomic mass is 10.1. The highest BCUT2D eigenvalue weighted by Crippen LogP contribution is 2.14. The highest BCUT2D eigenvalue weighted by molar-refractivity contribution is 5.86. The van der Waals surface area contributed by atoms with Crippen molar-refractivity contribution in [2.45, 2.75) is 19.5 Å². The second-order valence-corrected chi connectivity index (χ2v) is 4.99. The minimum atomic E-state index is -0.596. The van der Waals surface area contributed by atoms with Crippen LogP contribution in [0, 0.1) is 5.82 Å². The zero-order valence-electron chi connectivity index (χ0n) is 11.4. The first-order valence-electron chi connectivity index (χ1n) is 6.50. The molecule has 1 aliphatic heterocycles. The molecule has 1 aromatic rings. The Morgan fingerprint density at radius 3 is 2.50 bits per heavy atom. The van der Waals surface area contributed by atoms with Crippen molar-refractivity contribution < 1.29 is 14.0 Å². The Bertz CT molecular complexity index is 504. The predicted octanol–water partition coefficient (Wildman–Crippen LogP) is 0.344. The fraction of sp³-hybridized carbons (Fsp3) is 0.429. The number of primary amides is 1.